The largest absolute Gasteiger partial charge is 0.314 e. The molecule has 14 heavy (non-hydrogen) atoms. The fourth-order valence-electron chi connectivity index (χ4n) is 1.52. The van der Waals surface area contributed by atoms with Crippen LogP contribution in [0.2, 0.25) is 0 Å². The van der Waals surface area contributed by atoms with Gasteiger partial charge < -0.3 is 5.21 Å². The van der Waals surface area contributed by atoms with E-state index in [-0.39, 0.29) is 0 Å². The Labute approximate surface area is 82.6 Å². The summed E-state index contributed by atoms with van der Waals surface area (Å²) in [6.07, 6.45) is 1.77. The van der Waals surface area contributed by atoms with Crippen molar-refractivity contribution in [2.75, 3.05) is 7.05 Å². The molecule has 2 rings (SSSR count). The van der Waals surface area contributed by atoms with Crippen LogP contribution in [0.15, 0.2) is 36.5 Å². The van der Waals surface area contributed by atoms with Crippen molar-refractivity contribution in [3.05, 3.63) is 42.2 Å². The molecule has 0 fully saturated rings. The first-order valence-corrected chi connectivity index (χ1v) is 4.50. The minimum absolute atomic E-state index is 0.446. The van der Waals surface area contributed by atoms with Gasteiger partial charge in [-0.3, -0.25) is 4.98 Å². The van der Waals surface area contributed by atoms with Crippen LogP contribution in [-0.4, -0.2) is 22.3 Å². The molecule has 3 nitrogen and oxygen atoms in total. The van der Waals surface area contributed by atoms with Crippen molar-refractivity contribution in [1.29, 1.82) is 0 Å². The summed E-state index contributed by atoms with van der Waals surface area (Å²) in [6, 6.07) is 9.99. The van der Waals surface area contributed by atoms with Crippen LogP contribution < -0.4 is 0 Å². The SMILES string of the molecule is CN(O)Cc1nccc2ccccc12. The lowest BCUT2D eigenvalue weighted by molar-refractivity contribution is -0.0737. The maximum Gasteiger partial charge on any atom is 0.0664 e. The maximum atomic E-state index is 9.16. The van der Waals surface area contributed by atoms with Gasteiger partial charge in [0.15, 0.2) is 0 Å². The Kier molecular flexibility index (Phi) is 2.43. The van der Waals surface area contributed by atoms with E-state index in [0.29, 0.717) is 6.54 Å². The van der Waals surface area contributed by atoms with Gasteiger partial charge in [0, 0.05) is 18.6 Å². The zero-order valence-corrected chi connectivity index (χ0v) is 8.01. The van der Waals surface area contributed by atoms with Crippen LogP contribution in [0.5, 0.6) is 0 Å². The summed E-state index contributed by atoms with van der Waals surface area (Å²) in [7, 11) is 1.61. The van der Waals surface area contributed by atoms with Crippen molar-refractivity contribution in [1.82, 2.24) is 10.0 Å². The molecule has 1 aromatic carbocycles. The van der Waals surface area contributed by atoms with Crippen molar-refractivity contribution in [3.8, 4) is 0 Å². The molecule has 0 aliphatic rings. The van der Waals surface area contributed by atoms with E-state index in [1.54, 1.807) is 13.2 Å². The Hall–Kier alpha value is -1.45. The van der Waals surface area contributed by atoms with Crippen LogP contribution in [0, 0.1) is 0 Å². The predicted molar refractivity (Wildman–Crippen MR) is 55.0 cm³/mol. The second-order valence-corrected chi connectivity index (χ2v) is 3.29. The molecule has 1 N–H and O–H groups in total. The lowest BCUT2D eigenvalue weighted by Gasteiger charge is -2.09. The number of nitrogens with zero attached hydrogens (tertiary/aromatic N) is 2. The third kappa shape index (κ3) is 1.73. The van der Waals surface area contributed by atoms with Gasteiger partial charge in [0.2, 0.25) is 0 Å². The molecule has 0 saturated heterocycles. The van der Waals surface area contributed by atoms with E-state index in [2.05, 4.69) is 4.98 Å². The van der Waals surface area contributed by atoms with Crippen molar-refractivity contribution in [2.24, 2.45) is 0 Å². The number of hydrogen-bond donors (Lipinski definition) is 1. The van der Waals surface area contributed by atoms with Gasteiger partial charge in [0.1, 0.15) is 0 Å². The summed E-state index contributed by atoms with van der Waals surface area (Å²) < 4.78 is 0. The molecule has 0 amide bonds. The molecule has 0 bridgehead atoms. The summed E-state index contributed by atoms with van der Waals surface area (Å²) in [5.74, 6) is 0. The van der Waals surface area contributed by atoms with Gasteiger partial charge >= 0.3 is 0 Å². The number of aromatic nitrogens is 1. The summed E-state index contributed by atoms with van der Waals surface area (Å²) in [4.78, 5) is 4.25. The van der Waals surface area contributed by atoms with Crippen LogP contribution in [0.4, 0.5) is 0 Å². The van der Waals surface area contributed by atoms with E-state index < -0.39 is 0 Å². The van der Waals surface area contributed by atoms with E-state index in [4.69, 9.17) is 5.21 Å². The van der Waals surface area contributed by atoms with Crippen LogP contribution >= 0.6 is 0 Å². The molecule has 3 heteroatoms. The highest BCUT2D eigenvalue weighted by atomic mass is 16.5. The molecule has 0 aliphatic heterocycles. The standard InChI is InChI=1S/C11H12N2O/c1-13(14)8-11-10-5-3-2-4-9(10)6-7-12-11/h2-7,14H,8H2,1H3. The summed E-state index contributed by atoms with van der Waals surface area (Å²) >= 11 is 0. The topological polar surface area (TPSA) is 36.4 Å². The number of pyridine rings is 1. The third-order valence-corrected chi connectivity index (χ3v) is 2.13. The average molecular weight is 188 g/mol. The molecule has 0 aliphatic carbocycles. The monoisotopic (exact) mass is 188 g/mol. The summed E-state index contributed by atoms with van der Waals surface area (Å²) in [6.45, 7) is 0.446. The number of fused-ring (bicyclic) bond motifs is 1. The Bertz CT molecular complexity index is 435. The molecule has 0 saturated carbocycles. The number of hydroxylamine groups is 2. The number of benzene rings is 1. The van der Waals surface area contributed by atoms with Crippen molar-refractivity contribution >= 4 is 10.8 Å². The van der Waals surface area contributed by atoms with E-state index >= 15 is 0 Å². The molecule has 0 spiro atoms. The van der Waals surface area contributed by atoms with Crippen LogP contribution in [0.3, 0.4) is 0 Å². The first-order chi connectivity index (χ1) is 6.77. The summed E-state index contributed by atoms with van der Waals surface area (Å²) in [5, 5.41) is 12.5. The van der Waals surface area contributed by atoms with E-state index in [1.165, 1.54) is 0 Å². The highest BCUT2D eigenvalue weighted by Gasteiger charge is 2.02. The second kappa shape index (κ2) is 3.74. The van der Waals surface area contributed by atoms with Gasteiger partial charge in [0.05, 0.1) is 12.2 Å². The van der Waals surface area contributed by atoms with Crippen molar-refractivity contribution < 1.29 is 5.21 Å². The number of hydrogen-bond acceptors (Lipinski definition) is 3. The van der Waals surface area contributed by atoms with E-state index in [1.807, 2.05) is 30.3 Å². The predicted octanol–water partition coefficient (Wildman–Crippen LogP) is 2.06. The van der Waals surface area contributed by atoms with E-state index in [9.17, 15) is 0 Å². The Balaban J connectivity index is 2.53. The van der Waals surface area contributed by atoms with Gasteiger partial charge in [-0.25, -0.2) is 0 Å². The molecule has 1 aromatic heterocycles. The third-order valence-electron chi connectivity index (χ3n) is 2.13. The molecular weight excluding hydrogens is 176 g/mol. The normalized spacial score (nSPS) is 11.1. The maximum absolute atomic E-state index is 9.16. The average Bonchev–Trinajstić information content (AvgIpc) is 2.18. The minimum Gasteiger partial charge on any atom is -0.314 e. The Morgan fingerprint density at radius 2 is 2.07 bits per heavy atom. The first kappa shape index (κ1) is 9.12. The van der Waals surface area contributed by atoms with Gasteiger partial charge in [0.25, 0.3) is 0 Å². The molecule has 0 unspecified atom stereocenters. The Morgan fingerprint density at radius 1 is 1.29 bits per heavy atom. The van der Waals surface area contributed by atoms with Crippen LogP contribution in [0.1, 0.15) is 5.69 Å². The highest BCUT2D eigenvalue weighted by Crippen LogP contribution is 2.16. The number of rotatable bonds is 2. The lowest BCUT2D eigenvalue weighted by Crippen LogP contribution is -2.12. The smallest absolute Gasteiger partial charge is 0.0664 e. The molecule has 72 valence electrons. The zero-order valence-electron chi connectivity index (χ0n) is 8.01. The van der Waals surface area contributed by atoms with Crippen molar-refractivity contribution in [3.63, 3.8) is 0 Å². The molecule has 0 radical (unpaired) electrons. The van der Waals surface area contributed by atoms with Gasteiger partial charge in [-0.1, -0.05) is 24.3 Å². The molecule has 2 aromatic rings. The van der Waals surface area contributed by atoms with Gasteiger partial charge in [-0.2, -0.15) is 5.06 Å². The lowest BCUT2D eigenvalue weighted by atomic mass is 10.1. The van der Waals surface area contributed by atoms with Gasteiger partial charge in [-0.15, -0.1) is 0 Å². The fourth-order valence-corrected chi connectivity index (χ4v) is 1.52. The molecule has 0 atom stereocenters. The molecular formula is C11H12N2O. The second-order valence-electron chi connectivity index (χ2n) is 3.29. The molecule has 1 heterocycles. The minimum atomic E-state index is 0.446. The first-order valence-electron chi connectivity index (χ1n) is 4.50. The van der Waals surface area contributed by atoms with E-state index in [0.717, 1.165) is 21.5 Å². The highest BCUT2D eigenvalue weighted by molar-refractivity contribution is 5.84. The zero-order chi connectivity index (χ0) is 9.97. The van der Waals surface area contributed by atoms with Crippen molar-refractivity contribution in [2.45, 2.75) is 6.54 Å². The fraction of sp³-hybridized carbons (Fsp3) is 0.182. The quantitative estimate of drug-likeness (QED) is 0.733. The van der Waals surface area contributed by atoms with Crippen LogP contribution in [0.25, 0.3) is 10.8 Å². The van der Waals surface area contributed by atoms with Crippen LogP contribution in [-0.2, 0) is 6.54 Å². The summed E-state index contributed by atoms with van der Waals surface area (Å²) in [5.41, 5.74) is 0.896. The Morgan fingerprint density at radius 3 is 2.86 bits per heavy atom. The van der Waals surface area contributed by atoms with Gasteiger partial charge in [-0.05, 0) is 11.5 Å².